The van der Waals surface area contributed by atoms with Crippen molar-refractivity contribution >= 4 is 23.5 Å². The minimum atomic E-state index is -2.14. The highest BCUT2D eigenvalue weighted by atomic mass is 19.1. The minimum Gasteiger partial charge on any atom is -0.462 e. The van der Waals surface area contributed by atoms with E-state index in [0.717, 1.165) is 5.69 Å². The van der Waals surface area contributed by atoms with Crippen molar-refractivity contribution in [3.63, 3.8) is 0 Å². The number of amides is 1. The Kier molecular flexibility index (Phi) is 7.47. The molecule has 212 valence electrons. The summed E-state index contributed by atoms with van der Waals surface area (Å²) in [6.07, 6.45) is 4.45. The maximum absolute atomic E-state index is 13.8. The number of carbonyl (C=O) groups excluding carboxylic acids is 2. The van der Waals surface area contributed by atoms with Gasteiger partial charge in [-0.05, 0) is 63.2 Å². The van der Waals surface area contributed by atoms with Crippen molar-refractivity contribution in [3.05, 3.63) is 72.7 Å². The van der Waals surface area contributed by atoms with E-state index in [9.17, 15) is 14.0 Å². The predicted molar refractivity (Wildman–Crippen MR) is 145 cm³/mol. The van der Waals surface area contributed by atoms with E-state index in [4.69, 9.17) is 19.9 Å². The van der Waals surface area contributed by atoms with Gasteiger partial charge in [0.05, 0.1) is 36.4 Å². The lowest BCUT2D eigenvalue weighted by molar-refractivity contribution is -0.294. The van der Waals surface area contributed by atoms with E-state index in [2.05, 4.69) is 30.2 Å². The number of rotatable bonds is 8. The van der Waals surface area contributed by atoms with Crippen LogP contribution in [0, 0.1) is 11.2 Å². The molecule has 3 aromatic heterocycles. The maximum Gasteiger partial charge on any atom is 0.316 e. The van der Waals surface area contributed by atoms with E-state index in [0.29, 0.717) is 22.6 Å². The number of carbonyl (C=O) groups is 2. The molecule has 1 fully saturated rings. The number of H-pyrrole nitrogens is 1. The molecule has 0 saturated carbocycles. The highest BCUT2D eigenvalue weighted by Gasteiger charge is 2.54. The second-order valence-corrected chi connectivity index (χ2v) is 10.0. The number of pyridine rings is 1. The van der Waals surface area contributed by atoms with Crippen LogP contribution in [-0.4, -0.2) is 56.1 Å². The van der Waals surface area contributed by atoms with Crippen LogP contribution in [0.5, 0.6) is 0 Å². The Hall–Kier alpha value is -4.75. The third-order valence-electron chi connectivity index (χ3n) is 6.33. The fraction of sp³-hybridized carbons (Fsp3) is 0.286. The number of primary amides is 1. The molecular formula is C28H28FN7O5. The fourth-order valence-electron chi connectivity index (χ4n) is 4.13. The van der Waals surface area contributed by atoms with Gasteiger partial charge in [-0.25, -0.2) is 19.3 Å². The van der Waals surface area contributed by atoms with Gasteiger partial charge >= 0.3 is 11.8 Å². The van der Waals surface area contributed by atoms with Gasteiger partial charge in [0, 0.05) is 29.8 Å². The zero-order valence-electron chi connectivity index (χ0n) is 22.6. The molecule has 13 heteroatoms. The van der Waals surface area contributed by atoms with E-state index in [-0.39, 0.29) is 31.1 Å². The molecule has 1 aliphatic rings. The summed E-state index contributed by atoms with van der Waals surface area (Å²) in [5.41, 5.74) is 6.94. The Morgan fingerprint density at radius 1 is 1.05 bits per heavy atom. The highest BCUT2D eigenvalue weighted by Crippen LogP contribution is 2.39. The van der Waals surface area contributed by atoms with Gasteiger partial charge in [-0.15, -0.1) is 0 Å². The Labute approximate surface area is 234 Å². The van der Waals surface area contributed by atoms with Crippen LogP contribution < -0.4 is 11.1 Å². The van der Waals surface area contributed by atoms with Crippen molar-refractivity contribution in [1.82, 2.24) is 24.9 Å². The van der Waals surface area contributed by atoms with Gasteiger partial charge < -0.3 is 30.2 Å². The second-order valence-electron chi connectivity index (χ2n) is 10.0. The molecule has 4 heterocycles. The van der Waals surface area contributed by atoms with Gasteiger partial charge in [0.2, 0.25) is 5.95 Å². The second kappa shape index (κ2) is 11.0. The van der Waals surface area contributed by atoms with Gasteiger partial charge in [0.25, 0.3) is 5.91 Å². The molecule has 1 aromatic carbocycles. The van der Waals surface area contributed by atoms with Crippen molar-refractivity contribution in [2.45, 2.75) is 32.7 Å². The number of nitrogens with two attached hydrogens (primary N) is 1. The summed E-state index contributed by atoms with van der Waals surface area (Å²) in [7, 11) is 0. The monoisotopic (exact) mass is 561 g/mol. The quantitative estimate of drug-likeness (QED) is 0.271. The van der Waals surface area contributed by atoms with Crippen LogP contribution in [0.2, 0.25) is 0 Å². The van der Waals surface area contributed by atoms with Gasteiger partial charge in [-0.2, -0.15) is 0 Å². The van der Waals surface area contributed by atoms with Crippen molar-refractivity contribution in [2.75, 3.05) is 18.5 Å². The molecule has 0 atom stereocenters. The van der Waals surface area contributed by atoms with Gasteiger partial charge in [-0.1, -0.05) is 0 Å². The lowest BCUT2D eigenvalue weighted by Crippen LogP contribution is -2.56. The zero-order chi connectivity index (χ0) is 29.2. The molecule has 0 spiro atoms. The van der Waals surface area contributed by atoms with Crippen LogP contribution in [0.3, 0.4) is 0 Å². The van der Waals surface area contributed by atoms with E-state index >= 15 is 0 Å². The van der Waals surface area contributed by atoms with Crippen LogP contribution in [-0.2, 0) is 29.6 Å². The Bertz CT molecular complexity index is 1550. The normalized spacial score (nSPS) is 20.5. The maximum atomic E-state index is 13.8. The number of halogens is 1. The minimum absolute atomic E-state index is 0.0687. The molecular weight excluding hydrogens is 533 g/mol. The molecule has 5 rings (SSSR count). The summed E-state index contributed by atoms with van der Waals surface area (Å²) in [4.78, 5) is 46.1. The molecule has 1 aliphatic heterocycles. The van der Waals surface area contributed by atoms with Crippen LogP contribution in [0.1, 0.15) is 26.6 Å². The first-order valence-corrected chi connectivity index (χ1v) is 12.8. The summed E-state index contributed by atoms with van der Waals surface area (Å²) >= 11 is 0. The summed E-state index contributed by atoms with van der Waals surface area (Å²) in [5.74, 6) is -3.88. The van der Waals surface area contributed by atoms with Gasteiger partial charge in [0.1, 0.15) is 11.2 Å². The average Bonchev–Trinajstić information content (AvgIpc) is 3.40. The lowest BCUT2D eigenvalue weighted by Gasteiger charge is -2.40. The summed E-state index contributed by atoms with van der Waals surface area (Å²) < 4.78 is 30.9. The molecule has 0 bridgehead atoms. The predicted octanol–water partition coefficient (Wildman–Crippen LogP) is 3.45. The van der Waals surface area contributed by atoms with Crippen molar-refractivity contribution in [2.24, 2.45) is 11.1 Å². The Balaban J connectivity index is 1.55. The first-order valence-electron chi connectivity index (χ1n) is 12.8. The molecule has 0 unspecified atom stereocenters. The van der Waals surface area contributed by atoms with E-state index in [1.54, 1.807) is 57.6 Å². The molecule has 0 aliphatic carbocycles. The smallest absolute Gasteiger partial charge is 0.316 e. The van der Waals surface area contributed by atoms with Crippen molar-refractivity contribution in [1.29, 1.82) is 0 Å². The first-order chi connectivity index (χ1) is 19.6. The topological polar surface area (TPSA) is 167 Å². The molecule has 1 saturated heterocycles. The number of hydrogen-bond donors (Lipinski definition) is 3. The van der Waals surface area contributed by atoms with Gasteiger partial charge in [-0.3, -0.25) is 14.6 Å². The number of nitrogens with zero attached hydrogens (tertiary/aromatic N) is 4. The molecule has 1 amide bonds. The number of ether oxygens (including phenoxy) is 3. The van der Waals surface area contributed by atoms with Gasteiger partial charge in [0.15, 0.2) is 5.82 Å². The molecule has 4 aromatic rings. The zero-order valence-corrected chi connectivity index (χ0v) is 22.6. The fourth-order valence-corrected chi connectivity index (χ4v) is 4.13. The number of benzene rings is 1. The summed E-state index contributed by atoms with van der Waals surface area (Å²) in [6, 6.07) is 10.8. The third kappa shape index (κ3) is 5.62. The SMILES string of the molecule is CC(C)OC(=O)C1(C)COC(C(N)=O)(c2nc(-c3ccc(F)cc3)c(-c3ccnc(Nc4ccncc4)n3)[nH]2)OC1. The first kappa shape index (κ1) is 27.8. The molecule has 0 radical (unpaired) electrons. The third-order valence-corrected chi connectivity index (χ3v) is 6.33. The summed E-state index contributed by atoms with van der Waals surface area (Å²) in [6.45, 7) is 4.62. The number of hydrogen-bond acceptors (Lipinski definition) is 10. The standard InChI is InChI=1S/C28H28FN7O5/c1-16(2)41-25(38)27(3)14-39-28(23(30)37,40-15-27)24-35-21(17-4-6-18(29)7-5-17)22(36-24)20-10-13-32-26(34-20)33-19-8-11-31-12-9-19/h4-13,16H,14-15H2,1-3H3,(H2,30,37)(H,35,36)(H,31,32,33,34). The molecule has 41 heavy (non-hydrogen) atoms. The van der Waals surface area contributed by atoms with Crippen molar-refractivity contribution in [3.8, 4) is 22.6 Å². The number of esters is 1. The van der Waals surface area contributed by atoms with Crippen LogP contribution >= 0.6 is 0 Å². The van der Waals surface area contributed by atoms with E-state index in [1.807, 2.05) is 0 Å². The number of imidazole rings is 1. The van der Waals surface area contributed by atoms with Crippen molar-refractivity contribution < 1.29 is 28.2 Å². The average molecular weight is 562 g/mol. The summed E-state index contributed by atoms with van der Waals surface area (Å²) in [5, 5.41) is 3.10. The largest absolute Gasteiger partial charge is 0.462 e. The van der Waals surface area contributed by atoms with Crippen LogP contribution in [0.4, 0.5) is 16.0 Å². The van der Waals surface area contributed by atoms with Crippen LogP contribution in [0.15, 0.2) is 61.1 Å². The molecule has 12 nitrogen and oxygen atoms in total. The van der Waals surface area contributed by atoms with E-state index in [1.165, 1.54) is 24.3 Å². The van der Waals surface area contributed by atoms with Crippen LogP contribution in [0.25, 0.3) is 22.6 Å². The van der Waals surface area contributed by atoms with E-state index < -0.39 is 28.9 Å². The number of aromatic nitrogens is 5. The Morgan fingerprint density at radius 2 is 1.73 bits per heavy atom. The number of anilines is 2. The number of nitrogens with one attached hydrogen (secondary N) is 2. The lowest BCUT2D eigenvalue weighted by atomic mass is 9.91. The number of aromatic amines is 1. The Morgan fingerprint density at radius 3 is 2.37 bits per heavy atom. The molecule has 4 N–H and O–H groups in total. The highest BCUT2D eigenvalue weighted by molar-refractivity contribution is 5.85.